The number of ether oxygens (including phenoxy) is 1. The van der Waals surface area contributed by atoms with Crippen molar-refractivity contribution in [1.82, 2.24) is 4.98 Å². The summed E-state index contributed by atoms with van der Waals surface area (Å²) in [5.74, 6) is 44.2. The Morgan fingerprint density at radius 1 is 0.628 bits per heavy atom. The van der Waals surface area contributed by atoms with Crippen LogP contribution in [0, 0.1) is 113 Å². The zero-order chi connectivity index (χ0) is 29.1. The molecule has 0 N–H and O–H groups in total. The summed E-state index contributed by atoms with van der Waals surface area (Å²) in [5.41, 5.74) is 3.81. The largest absolute Gasteiger partial charge is 0.407 e. The van der Waals surface area contributed by atoms with Crippen LogP contribution >= 0.6 is 0 Å². The Labute approximate surface area is 279 Å². The third kappa shape index (κ3) is 10.2. The molecular weight excluding hydrogens is 703 g/mol. The molecule has 0 aliphatic carbocycles. The summed E-state index contributed by atoms with van der Waals surface area (Å²) in [6.45, 7) is 1.70. The quantitative estimate of drug-likeness (QED) is 0.157. The molecule has 43 heavy (non-hydrogen) atoms. The normalized spacial score (nSPS) is 7.65. The van der Waals surface area contributed by atoms with Crippen LogP contribution in [0.1, 0.15) is 19.8 Å². The van der Waals surface area contributed by atoms with Crippen LogP contribution in [0.2, 0.25) is 0 Å². The number of nitrogens with zero attached hydrogens (tertiary/aromatic N) is 1. The second-order valence-electron chi connectivity index (χ2n) is 7.85. The van der Waals surface area contributed by atoms with E-state index in [0.29, 0.717) is 5.75 Å². The number of hydrogen-bond acceptors (Lipinski definition) is 2. The molecule has 2 nitrogen and oxygen atoms in total. The molecule has 3 aromatic carbocycles. The van der Waals surface area contributed by atoms with E-state index in [9.17, 15) is 0 Å². The van der Waals surface area contributed by atoms with Gasteiger partial charge in [0.25, 0.3) is 0 Å². The summed E-state index contributed by atoms with van der Waals surface area (Å²) in [7, 11) is 0. The summed E-state index contributed by atoms with van der Waals surface area (Å²) in [6, 6.07) is 27.2. The maximum absolute atomic E-state index is 5.55. The van der Waals surface area contributed by atoms with Crippen LogP contribution in [0.3, 0.4) is 0 Å². The SMILES string of the molecule is CC#CC#CC#CC#CC#CC#CC#CC#CC#COc1cccc(-c2cc[c-]c(-c3nccc4ccccc34)c2)c1.[HH].[HH].[HH].[HH].[HH].[HH].[HH].[HH].[HH].[Ir]. The summed E-state index contributed by atoms with van der Waals surface area (Å²) in [6.07, 6.45) is 4.40. The van der Waals surface area contributed by atoms with E-state index in [4.69, 9.17) is 4.74 Å². The van der Waals surface area contributed by atoms with E-state index >= 15 is 0 Å². The predicted molar refractivity (Wildman–Crippen MR) is 187 cm³/mol. The maximum atomic E-state index is 5.55. The fourth-order valence-corrected chi connectivity index (χ4v) is 3.47. The first-order valence-corrected chi connectivity index (χ1v) is 12.4. The molecule has 0 saturated heterocycles. The minimum absolute atomic E-state index is 0. The van der Waals surface area contributed by atoms with Crippen molar-refractivity contribution in [1.29, 1.82) is 0 Å². The number of fused-ring (bicyclic) bond motifs is 1. The second kappa shape index (κ2) is 18.0. The number of benzene rings is 3. The van der Waals surface area contributed by atoms with Gasteiger partial charge in [-0.1, -0.05) is 42.3 Å². The zero-order valence-corrected chi connectivity index (χ0v) is 25.1. The molecule has 4 aromatic rings. The van der Waals surface area contributed by atoms with Crippen molar-refractivity contribution < 1.29 is 37.7 Å². The topological polar surface area (TPSA) is 22.1 Å². The molecule has 1 radical (unpaired) electrons. The van der Waals surface area contributed by atoms with Crippen molar-refractivity contribution in [2.24, 2.45) is 0 Å². The monoisotopic (exact) mass is 737 g/mol. The summed E-state index contributed by atoms with van der Waals surface area (Å²) in [4.78, 5) is 4.62. The molecule has 3 heteroatoms. The van der Waals surface area contributed by atoms with Crippen LogP contribution in [0.5, 0.6) is 5.75 Å². The Hall–Kier alpha value is -6.44. The zero-order valence-electron chi connectivity index (χ0n) is 22.7. The van der Waals surface area contributed by atoms with E-state index in [1.54, 1.807) is 6.92 Å². The van der Waals surface area contributed by atoms with Gasteiger partial charge in [-0.2, -0.15) is 0 Å². The van der Waals surface area contributed by atoms with E-state index in [1.165, 1.54) is 0 Å². The van der Waals surface area contributed by atoms with Gasteiger partial charge in [-0.15, -0.1) is 35.4 Å². The van der Waals surface area contributed by atoms with Crippen molar-refractivity contribution in [3.05, 3.63) is 85.1 Å². The van der Waals surface area contributed by atoms with Gasteiger partial charge in [0.15, 0.2) is 0 Å². The molecule has 0 amide bonds. The van der Waals surface area contributed by atoms with E-state index < -0.39 is 0 Å². The molecule has 0 spiro atoms. The van der Waals surface area contributed by atoms with E-state index in [-0.39, 0.29) is 32.9 Å². The van der Waals surface area contributed by atoms with Crippen LogP contribution in [0.4, 0.5) is 0 Å². The first kappa shape index (κ1) is 31.1. The van der Waals surface area contributed by atoms with Crippen LogP contribution in [0.25, 0.3) is 33.2 Å². The van der Waals surface area contributed by atoms with Crippen LogP contribution in [-0.4, -0.2) is 4.98 Å². The van der Waals surface area contributed by atoms with Crippen molar-refractivity contribution in [3.63, 3.8) is 0 Å². The Kier molecular flexibility index (Phi) is 13.0. The first-order valence-electron chi connectivity index (χ1n) is 12.4. The molecule has 1 heterocycles. The fraction of sp³-hybridized carbons (Fsp3) is 0.0250. The fourth-order valence-electron chi connectivity index (χ4n) is 3.47. The third-order valence-corrected chi connectivity index (χ3v) is 5.18. The van der Waals surface area contributed by atoms with Crippen LogP contribution in [0.15, 0.2) is 79.0 Å². The molecule has 0 aliphatic heterocycles. The summed E-state index contributed by atoms with van der Waals surface area (Å²) in [5, 5.41) is 2.22. The first-order chi connectivity index (χ1) is 20.8. The minimum atomic E-state index is 0. The molecule has 0 unspecified atom stereocenters. The summed E-state index contributed by atoms with van der Waals surface area (Å²) >= 11 is 0. The van der Waals surface area contributed by atoms with Gasteiger partial charge in [0.1, 0.15) is 11.9 Å². The summed E-state index contributed by atoms with van der Waals surface area (Å²) < 4.78 is 5.55. The van der Waals surface area contributed by atoms with Crippen molar-refractivity contribution in [2.45, 2.75) is 6.92 Å². The second-order valence-corrected chi connectivity index (χ2v) is 7.85. The molecule has 0 saturated carbocycles. The molecule has 215 valence electrons. The van der Waals surface area contributed by atoms with Gasteiger partial charge in [0, 0.05) is 86.5 Å². The van der Waals surface area contributed by atoms with E-state index in [0.717, 1.165) is 33.2 Å². The molecule has 1 aromatic heterocycles. The smallest absolute Gasteiger partial charge is 0.140 e. The Bertz CT molecular complexity index is 2270. The number of rotatable bonds is 3. The van der Waals surface area contributed by atoms with Crippen molar-refractivity contribution >= 4 is 10.8 Å². The average molecular weight is 737 g/mol. The molecule has 0 atom stereocenters. The van der Waals surface area contributed by atoms with Gasteiger partial charge in [-0.3, -0.25) is 0 Å². The predicted octanol–water partition coefficient (Wildman–Crippen LogP) is 7.97. The van der Waals surface area contributed by atoms with Gasteiger partial charge in [-0.25, -0.2) is 0 Å². The third-order valence-electron chi connectivity index (χ3n) is 5.18. The van der Waals surface area contributed by atoms with Gasteiger partial charge in [0.2, 0.25) is 0 Å². The Balaban J connectivity index is -0.000000405. The van der Waals surface area contributed by atoms with Gasteiger partial charge in [0.05, 0.1) is 0 Å². The average Bonchev–Trinajstić information content (AvgIpc) is 3.04. The van der Waals surface area contributed by atoms with Crippen molar-refractivity contribution in [2.75, 3.05) is 0 Å². The molecular formula is C40H34IrNO-. The molecule has 0 fully saturated rings. The van der Waals surface area contributed by atoms with Crippen molar-refractivity contribution in [3.8, 4) is 135 Å². The minimum Gasteiger partial charge on any atom is -0.407 e. The standard InChI is InChI=1S/C40H16NO.Ir.9H2/c1-2-3-4-5-6-7-8-9-10-11-12-13-14-15-16-17-20-31-42-38-27-22-25-36(33-38)35-24-21-26-37(32-35)40-39-28-19-18-23-34(39)29-30-41-40;;;;;;;;;;/h18-19,21-25,27-30,32-33H,1H3;;9*1H/q-1;;;;;;;;;;. The van der Waals surface area contributed by atoms with E-state index in [1.807, 2.05) is 60.8 Å². The number of aromatic nitrogens is 1. The van der Waals surface area contributed by atoms with Gasteiger partial charge >= 0.3 is 0 Å². The molecule has 4 rings (SSSR count). The van der Waals surface area contributed by atoms with E-state index in [2.05, 4.69) is 136 Å². The van der Waals surface area contributed by atoms with Crippen LogP contribution in [-0.2, 0) is 20.1 Å². The Morgan fingerprint density at radius 2 is 1.23 bits per heavy atom. The number of hydrogen-bond donors (Lipinski definition) is 0. The molecule has 0 bridgehead atoms. The maximum Gasteiger partial charge on any atom is 0.140 e. The molecule has 0 aliphatic rings. The van der Waals surface area contributed by atoms with Gasteiger partial charge < -0.3 is 9.72 Å². The Morgan fingerprint density at radius 3 is 1.91 bits per heavy atom. The number of pyridine rings is 1. The van der Waals surface area contributed by atoms with Gasteiger partial charge in [-0.05, 0) is 94.5 Å². The van der Waals surface area contributed by atoms with Crippen LogP contribution < -0.4 is 4.74 Å².